The second-order valence-electron chi connectivity index (χ2n) is 10.9. The van der Waals surface area contributed by atoms with Crippen molar-refractivity contribution in [2.75, 3.05) is 4.90 Å². The van der Waals surface area contributed by atoms with Gasteiger partial charge in [-0.3, -0.25) is 0 Å². The number of hydrogen-bond donors (Lipinski definition) is 0. The molecule has 0 fully saturated rings. The van der Waals surface area contributed by atoms with E-state index < -0.39 is 0 Å². The van der Waals surface area contributed by atoms with Crippen molar-refractivity contribution in [3.8, 4) is 0 Å². The van der Waals surface area contributed by atoms with E-state index in [1.54, 1.807) is 0 Å². The maximum absolute atomic E-state index is 2.47. The minimum Gasteiger partial charge on any atom is -0.312 e. The van der Waals surface area contributed by atoms with Gasteiger partial charge in [-0.25, -0.2) is 0 Å². The first-order valence-corrected chi connectivity index (χ1v) is 13.0. The first kappa shape index (κ1) is 20.2. The monoisotopic (exact) mass is 457 g/mol. The summed E-state index contributed by atoms with van der Waals surface area (Å²) in [6.45, 7) is 5.29. The Balaban J connectivity index is 1.51. The Kier molecular flexibility index (Phi) is 3.96. The molecule has 168 valence electrons. The third kappa shape index (κ3) is 2.43. The number of anilines is 3. The van der Waals surface area contributed by atoms with Crippen molar-refractivity contribution in [1.82, 2.24) is 0 Å². The van der Waals surface area contributed by atoms with Gasteiger partial charge in [-0.15, -0.1) is 0 Å². The van der Waals surface area contributed by atoms with Crippen molar-refractivity contribution >= 4 is 63.3 Å². The van der Waals surface area contributed by atoms with Crippen molar-refractivity contribution < 1.29 is 0 Å². The van der Waals surface area contributed by atoms with Crippen LogP contribution in [0.25, 0.3) is 0 Å². The number of para-hydroxylation sites is 2. The molecule has 0 radical (unpaired) electrons. The molecule has 0 unspecified atom stereocenters. The van der Waals surface area contributed by atoms with E-state index in [0.717, 1.165) is 0 Å². The van der Waals surface area contributed by atoms with Crippen molar-refractivity contribution in [2.24, 2.45) is 0 Å². The molecule has 3 aliphatic heterocycles. The van der Waals surface area contributed by atoms with Crippen LogP contribution in [-0.2, 0) is 5.41 Å². The molecule has 0 bridgehead atoms. The summed E-state index contributed by atoms with van der Waals surface area (Å²) < 4.78 is 0. The average Bonchev–Trinajstić information content (AvgIpc) is 2.92. The van der Waals surface area contributed by atoms with E-state index in [1.165, 1.54) is 61.0 Å². The summed E-state index contributed by atoms with van der Waals surface area (Å²) in [6.07, 6.45) is 0. The van der Waals surface area contributed by atoms with Crippen LogP contribution in [0.2, 0.25) is 0 Å². The summed E-state index contributed by atoms with van der Waals surface area (Å²) in [6, 6.07) is 43.0. The van der Waals surface area contributed by atoms with Gasteiger partial charge in [-0.2, -0.15) is 0 Å². The van der Waals surface area contributed by atoms with E-state index in [1.807, 2.05) is 0 Å². The number of nitrogens with zero attached hydrogens (tertiary/aromatic N) is 1. The van der Waals surface area contributed by atoms with E-state index in [0.29, 0.717) is 0 Å². The van der Waals surface area contributed by atoms with Crippen LogP contribution < -0.4 is 37.7 Å². The van der Waals surface area contributed by atoms with Crippen LogP contribution in [0, 0.1) is 0 Å². The minimum atomic E-state index is -0.0300. The number of fused-ring (bicyclic) bond motifs is 6. The van der Waals surface area contributed by atoms with Gasteiger partial charge in [0.15, 0.2) is 0 Å². The van der Waals surface area contributed by atoms with Crippen LogP contribution in [0.15, 0.2) is 115 Å². The molecule has 36 heavy (non-hydrogen) atoms. The highest BCUT2D eigenvalue weighted by molar-refractivity contribution is 7.12. The summed E-state index contributed by atoms with van der Waals surface area (Å²) in [5.41, 5.74) is 15.5. The largest absolute Gasteiger partial charge is 0.312 e. The first-order chi connectivity index (χ1) is 17.7. The third-order valence-electron chi connectivity index (χ3n) is 8.82. The highest BCUT2D eigenvalue weighted by Gasteiger charge is 2.49. The standard InChI is InChI=1S/C33H25B2N/c1-33(2)23-14-6-7-16-25(23)34-28-19-11-21-30-32(28)35(27-18-10-15-24(33)31(27)34)26-17-8-9-20-29(26)36(30)22-12-4-3-5-13-22/h3-21H,1-2H3. The molecule has 3 aliphatic rings. The van der Waals surface area contributed by atoms with E-state index >= 15 is 0 Å². The molecule has 0 saturated heterocycles. The Labute approximate surface area is 213 Å². The average molecular weight is 457 g/mol. The van der Waals surface area contributed by atoms with Gasteiger partial charge in [0.05, 0.1) is 0 Å². The van der Waals surface area contributed by atoms with Crippen LogP contribution in [0.5, 0.6) is 0 Å². The molecule has 3 heteroatoms. The van der Waals surface area contributed by atoms with Gasteiger partial charge in [0.1, 0.15) is 0 Å². The summed E-state index contributed by atoms with van der Waals surface area (Å²) in [4.78, 5) is 2.47. The molecule has 0 aromatic heterocycles. The van der Waals surface area contributed by atoms with Crippen molar-refractivity contribution in [3.63, 3.8) is 0 Å². The first-order valence-electron chi connectivity index (χ1n) is 13.0. The van der Waals surface area contributed by atoms with Gasteiger partial charge in [0, 0.05) is 22.5 Å². The minimum absolute atomic E-state index is 0.0300. The molecule has 5 aromatic carbocycles. The fourth-order valence-corrected chi connectivity index (χ4v) is 7.37. The summed E-state index contributed by atoms with van der Waals surface area (Å²) in [5.74, 6) is 0. The van der Waals surface area contributed by atoms with Gasteiger partial charge in [-0.05, 0) is 46.3 Å². The van der Waals surface area contributed by atoms with Crippen LogP contribution in [0.4, 0.5) is 17.1 Å². The van der Waals surface area contributed by atoms with Crippen LogP contribution in [0.1, 0.15) is 25.0 Å². The molecule has 3 heterocycles. The highest BCUT2D eigenvalue weighted by atomic mass is 15.1. The Morgan fingerprint density at radius 2 is 1.03 bits per heavy atom. The van der Waals surface area contributed by atoms with Crippen LogP contribution >= 0.6 is 0 Å². The predicted molar refractivity (Wildman–Crippen MR) is 155 cm³/mol. The van der Waals surface area contributed by atoms with Crippen molar-refractivity contribution in [3.05, 3.63) is 126 Å². The molecular formula is C33H25B2N. The van der Waals surface area contributed by atoms with Crippen LogP contribution in [0.3, 0.4) is 0 Å². The maximum atomic E-state index is 2.47. The molecule has 0 N–H and O–H groups in total. The molecular weight excluding hydrogens is 432 g/mol. The lowest BCUT2D eigenvalue weighted by Crippen LogP contribution is -2.79. The SMILES string of the molecule is CC1(C)c2ccccc2B2c3cccc4c3B(c3ccccc3N4c3ccccc3)c3cccc1c32. The summed E-state index contributed by atoms with van der Waals surface area (Å²) in [5, 5.41) is 0. The number of rotatable bonds is 1. The predicted octanol–water partition coefficient (Wildman–Crippen LogP) is 3.45. The Morgan fingerprint density at radius 3 is 1.86 bits per heavy atom. The molecule has 0 spiro atoms. The van der Waals surface area contributed by atoms with E-state index in [4.69, 9.17) is 0 Å². The maximum Gasteiger partial charge on any atom is 0.245 e. The second kappa shape index (κ2) is 7.04. The van der Waals surface area contributed by atoms with Gasteiger partial charge in [-0.1, -0.05) is 127 Å². The Hall–Kier alpha value is -3.97. The molecule has 0 saturated carbocycles. The van der Waals surface area contributed by atoms with Crippen LogP contribution in [-0.4, -0.2) is 13.4 Å². The number of hydrogen-bond acceptors (Lipinski definition) is 1. The summed E-state index contributed by atoms with van der Waals surface area (Å²) >= 11 is 0. The Morgan fingerprint density at radius 1 is 0.472 bits per heavy atom. The number of benzene rings is 5. The fraction of sp³-hybridized carbons (Fsp3) is 0.0909. The van der Waals surface area contributed by atoms with Crippen molar-refractivity contribution in [1.29, 1.82) is 0 Å². The molecule has 0 amide bonds. The molecule has 0 aliphatic carbocycles. The van der Waals surface area contributed by atoms with E-state index in [-0.39, 0.29) is 18.8 Å². The third-order valence-corrected chi connectivity index (χ3v) is 8.82. The zero-order chi connectivity index (χ0) is 24.0. The lowest BCUT2D eigenvalue weighted by molar-refractivity contribution is 0.646. The molecule has 0 atom stereocenters. The zero-order valence-electron chi connectivity index (χ0n) is 20.6. The summed E-state index contributed by atoms with van der Waals surface area (Å²) in [7, 11) is 0. The lowest BCUT2D eigenvalue weighted by Gasteiger charge is -2.46. The second-order valence-corrected chi connectivity index (χ2v) is 10.9. The fourth-order valence-electron chi connectivity index (χ4n) is 7.37. The Bertz CT molecular complexity index is 1690. The lowest BCUT2D eigenvalue weighted by atomic mass is 9.18. The highest BCUT2D eigenvalue weighted by Crippen LogP contribution is 2.37. The van der Waals surface area contributed by atoms with Crippen molar-refractivity contribution in [2.45, 2.75) is 19.3 Å². The quantitative estimate of drug-likeness (QED) is 0.342. The molecule has 5 aromatic rings. The topological polar surface area (TPSA) is 3.24 Å². The van der Waals surface area contributed by atoms with Gasteiger partial charge >= 0.3 is 0 Å². The van der Waals surface area contributed by atoms with E-state index in [9.17, 15) is 0 Å². The smallest absolute Gasteiger partial charge is 0.245 e. The zero-order valence-corrected chi connectivity index (χ0v) is 20.6. The molecule has 1 nitrogen and oxygen atoms in total. The van der Waals surface area contributed by atoms with Gasteiger partial charge < -0.3 is 4.90 Å². The normalized spacial score (nSPS) is 15.6. The van der Waals surface area contributed by atoms with Gasteiger partial charge in [0.25, 0.3) is 0 Å². The van der Waals surface area contributed by atoms with E-state index in [2.05, 4.69) is 134 Å². The molecule has 8 rings (SSSR count). The van der Waals surface area contributed by atoms with Gasteiger partial charge in [0.2, 0.25) is 13.4 Å².